The van der Waals surface area contributed by atoms with E-state index in [2.05, 4.69) is 12.1 Å². The predicted octanol–water partition coefficient (Wildman–Crippen LogP) is 1.92. The third-order valence-electron chi connectivity index (χ3n) is 2.80. The van der Waals surface area contributed by atoms with Crippen LogP contribution in [-0.4, -0.2) is 31.6 Å². The molecule has 1 saturated heterocycles. The first-order valence-electron chi connectivity index (χ1n) is 6.18. The van der Waals surface area contributed by atoms with Gasteiger partial charge in [-0.15, -0.1) is 0 Å². The van der Waals surface area contributed by atoms with E-state index in [1.807, 2.05) is 18.2 Å². The van der Waals surface area contributed by atoms with Gasteiger partial charge in [0.15, 0.2) is 6.29 Å². The Balaban J connectivity index is 1.68. The Bertz CT molecular complexity index is 377. The number of esters is 1. The molecule has 0 bridgehead atoms. The Morgan fingerprint density at radius 2 is 2.17 bits per heavy atom. The van der Waals surface area contributed by atoms with Crippen molar-refractivity contribution in [3.63, 3.8) is 0 Å². The number of hydrogen-bond donors (Lipinski definition) is 0. The van der Waals surface area contributed by atoms with Crippen LogP contribution in [0.15, 0.2) is 30.3 Å². The normalized spacial score (nSPS) is 22.9. The van der Waals surface area contributed by atoms with Gasteiger partial charge in [-0.2, -0.15) is 0 Å². The van der Waals surface area contributed by atoms with Gasteiger partial charge in [0, 0.05) is 13.3 Å². The van der Waals surface area contributed by atoms with Crippen molar-refractivity contribution in [1.82, 2.24) is 0 Å². The molecule has 1 aliphatic heterocycles. The Morgan fingerprint density at radius 3 is 2.89 bits per heavy atom. The van der Waals surface area contributed by atoms with Crippen molar-refractivity contribution in [3.05, 3.63) is 35.9 Å². The molecule has 0 unspecified atom stereocenters. The average Bonchev–Trinajstić information content (AvgIpc) is 2.83. The maximum Gasteiger partial charge on any atom is 0.302 e. The molecule has 18 heavy (non-hydrogen) atoms. The molecule has 0 spiro atoms. The molecule has 98 valence electrons. The lowest BCUT2D eigenvalue weighted by atomic mass is 10.1. The molecule has 0 aliphatic carbocycles. The van der Waals surface area contributed by atoms with E-state index < -0.39 is 0 Å². The number of aryl methyl sites for hydroxylation is 1. The van der Waals surface area contributed by atoms with E-state index >= 15 is 0 Å². The molecule has 2 rings (SSSR count). The van der Waals surface area contributed by atoms with Gasteiger partial charge in [0.25, 0.3) is 0 Å². The topological polar surface area (TPSA) is 44.8 Å². The van der Waals surface area contributed by atoms with E-state index in [1.165, 1.54) is 12.5 Å². The van der Waals surface area contributed by atoms with Gasteiger partial charge in [-0.3, -0.25) is 4.79 Å². The van der Waals surface area contributed by atoms with Crippen molar-refractivity contribution in [2.75, 3.05) is 13.2 Å². The molecular weight excluding hydrogens is 232 g/mol. The van der Waals surface area contributed by atoms with Crippen LogP contribution in [0.5, 0.6) is 0 Å². The number of rotatable bonds is 5. The third-order valence-corrected chi connectivity index (χ3v) is 2.80. The van der Waals surface area contributed by atoms with E-state index in [-0.39, 0.29) is 25.0 Å². The summed E-state index contributed by atoms with van der Waals surface area (Å²) in [5.74, 6) is -0.286. The standard InChI is InChI=1S/C14H18O4/c1-11(15)16-9-13-10-17-14(18-13)8-7-12-5-3-2-4-6-12/h2-6,13-14H,7-10H2,1H3/t13-,14+/m0/s1. The largest absolute Gasteiger partial charge is 0.463 e. The Labute approximate surface area is 107 Å². The Morgan fingerprint density at radius 1 is 1.39 bits per heavy atom. The fourth-order valence-corrected chi connectivity index (χ4v) is 1.89. The number of carbonyl (C=O) groups excluding carboxylic acids is 1. The van der Waals surface area contributed by atoms with Crippen LogP contribution in [0.3, 0.4) is 0 Å². The lowest BCUT2D eigenvalue weighted by Gasteiger charge is -2.11. The monoisotopic (exact) mass is 250 g/mol. The summed E-state index contributed by atoms with van der Waals surface area (Å²) in [6, 6.07) is 10.2. The number of ether oxygens (including phenoxy) is 3. The van der Waals surface area contributed by atoms with Crippen molar-refractivity contribution < 1.29 is 19.0 Å². The number of benzene rings is 1. The molecule has 2 atom stereocenters. The highest BCUT2D eigenvalue weighted by molar-refractivity contribution is 5.65. The highest BCUT2D eigenvalue weighted by atomic mass is 16.7. The van der Waals surface area contributed by atoms with Crippen molar-refractivity contribution >= 4 is 5.97 Å². The fourth-order valence-electron chi connectivity index (χ4n) is 1.89. The Kier molecular flexibility index (Phi) is 4.73. The molecule has 0 N–H and O–H groups in total. The van der Waals surface area contributed by atoms with Crippen LogP contribution >= 0.6 is 0 Å². The zero-order chi connectivity index (χ0) is 12.8. The van der Waals surface area contributed by atoms with Crippen LogP contribution in [0, 0.1) is 0 Å². The summed E-state index contributed by atoms with van der Waals surface area (Å²) in [6.45, 7) is 2.16. The Hall–Kier alpha value is -1.39. The van der Waals surface area contributed by atoms with Gasteiger partial charge in [-0.25, -0.2) is 0 Å². The lowest BCUT2D eigenvalue weighted by Crippen LogP contribution is -2.20. The average molecular weight is 250 g/mol. The van der Waals surface area contributed by atoms with E-state index in [4.69, 9.17) is 14.2 Å². The molecule has 1 aliphatic rings. The van der Waals surface area contributed by atoms with Gasteiger partial charge in [-0.05, 0) is 12.0 Å². The molecule has 0 aromatic heterocycles. The zero-order valence-corrected chi connectivity index (χ0v) is 10.5. The summed E-state index contributed by atoms with van der Waals surface area (Å²) in [5, 5.41) is 0. The second-order valence-electron chi connectivity index (χ2n) is 4.35. The van der Waals surface area contributed by atoms with Crippen molar-refractivity contribution in [3.8, 4) is 0 Å². The van der Waals surface area contributed by atoms with Gasteiger partial charge in [0.1, 0.15) is 12.7 Å². The number of carbonyl (C=O) groups is 1. The van der Waals surface area contributed by atoms with Crippen molar-refractivity contribution in [2.24, 2.45) is 0 Å². The van der Waals surface area contributed by atoms with Crippen LogP contribution in [0.2, 0.25) is 0 Å². The molecular formula is C14H18O4. The van der Waals surface area contributed by atoms with Gasteiger partial charge in [-0.1, -0.05) is 30.3 Å². The summed E-state index contributed by atoms with van der Waals surface area (Å²) >= 11 is 0. The SMILES string of the molecule is CC(=O)OC[C@H]1CO[C@@H](CCc2ccccc2)O1. The van der Waals surface area contributed by atoms with E-state index in [0.29, 0.717) is 6.61 Å². The minimum absolute atomic E-state index is 0.130. The molecule has 4 nitrogen and oxygen atoms in total. The van der Waals surface area contributed by atoms with E-state index in [9.17, 15) is 4.79 Å². The summed E-state index contributed by atoms with van der Waals surface area (Å²) in [5.41, 5.74) is 1.27. The maximum atomic E-state index is 10.7. The molecule has 0 saturated carbocycles. The molecule has 1 fully saturated rings. The number of hydrogen-bond acceptors (Lipinski definition) is 4. The molecule has 1 aromatic rings. The van der Waals surface area contributed by atoms with Crippen molar-refractivity contribution in [2.45, 2.75) is 32.2 Å². The molecule has 4 heteroatoms. The van der Waals surface area contributed by atoms with Crippen LogP contribution in [-0.2, 0) is 25.4 Å². The summed E-state index contributed by atoms with van der Waals surface area (Å²) in [6.07, 6.45) is 1.42. The fraction of sp³-hybridized carbons (Fsp3) is 0.500. The van der Waals surface area contributed by atoms with Crippen LogP contribution in [0.1, 0.15) is 18.9 Å². The highest BCUT2D eigenvalue weighted by Crippen LogP contribution is 2.17. The molecule has 0 radical (unpaired) electrons. The van der Waals surface area contributed by atoms with Gasteiger partial charge in [0.2, 0.25) is 0 Å². The first-order chi connectivity index (χ1) is 8.74. The van der Waals surface area contributed by atoms with E-state index in [1.54, 1.807) is 0 Å². The molecule has 1 aromatic carbocycles. The quantitative estimate of drug-likeness (QED) is 0.749. The van der Waals surface area contributed by atoms with Crippen molar-refractivity contribution in [1.29, 1.82) is 0 Å². The minimum atomic E-state index is -0.286. The van der Waals surface area contributed by atoms with E-state index in [0.717, 1.165) is 12.8 Å². The van der Waals surface area contributed by atoms with Crippen LogP contribution in [0.4, 0.5) is 0 Å². The summed E-state index contributed by atoms with van der Waals surface area (Å²) in [4.78, 5) is 10.7. The van der Waals surface area contributed by atoms with Crippen LogP contribution in [0.25, 0.3) is 0 Å². The maximum absolute atomic E-state index is 10.7. The first-order valence-corrected chi connectivity index (χ1v) is 6.18. The van der Waals surface area contributed by atoms with Gasteiger partial charge >= 0.3 is 5.97 Å². The van der Waals surface area contributed by atoms with Gasteiger partial charge < -0.3 is 14.2 Å². The summed E-state index contributed by atoms with van der Waals surface area (Å²) in [7, 11) is 0. The van der Waals surface area contributed by atoms with Crippen LogP contribution < -0.4 is 0 Å². The second-order valence-corrected chi connectivity index (χ2v) is 4.35. The van der Waals surface area contributed by atoms with Gasteiger partial charge in [0.05, 0.1) is 6.61 Å². The smallest absolute Gasteiger partial charge is 0.302 e. The summed E-state index contributed by atoms with van der Waals surface area (Å²) < 4.78 is 16.0. The third kappa shape index (κ3) is 4.13. The highest BCUT2D eigenvalue weighted by Gasteiger charge is 2.26. The second kappa shape index (κ2) is 6.52. The molecule has 1 heterocycles. The molecule has 0 amide bonds. The lowest BCUT2D eigenvalue weighted by molar-refractivity contribution is -0.145. The zero-order valence-electron chi connectivity index (χ0n) is 10.5. The minimum Gasteiger partial charge on any atom is -0.463 e. The first kappa shape index (κ1) is 13.1. The predicted molar refractivity (Wildman–Crippen MR) is 66.0 cm³/mol.